The van der Waals surface area contributed by atoms with Gasteiger partial charge in [-0.25, -0.2) is 4.98 Å². The van der Waals surface area contributed by atoms with Gasteiger partial charge in [0, 0.05) is 17.4 Å². The van der Waals surface area contributed by atoms with Crippen LogP contribution in [0.5, 0.6) is 0 Å². The summed E-state index contributed by atoms with van der Waals surface area (Å²) in [6.45, 7) is 0.407. The predicted molar refractivity (Wildman–Crippen MR) is 83.1 cm³/mol. The lowest BCUT2D eigenvalue weighted by atomic mass is 10.2. The van der Waals surface area contributed by atoms with Crippen LogP contribution < -0.4 is 5.56 Å². The fraction of sp³-hybridized carbons (Fsp3) is 0.0667. The molecule has 0 aliphatic carbocycles. The Morgan fingerprint density at radius 3 is 2.86 bits per heavy atom. The molecule has 0 aliphatic rings. The van der Waals surface area contributed by atoms with Crippen LogP contribution in [-0.2, 0) is 6.54 Å². The third-order valence-corrected chi connectivity index (χ3v) is 3.91. The topological polar surface area (TPSA) is 65.1 Å². The summed E-state index contributed by atoms with van der Waals surface area (Å²) in [6, 6.07) is 9.30. The van der Waals surface area contributed by atoms with E-state index in [4.69, 9.17) is 11.6 Å². The van der Waals surface area contributed by atoms with Crippen LogP contribution in [0.2, 0.25) is 5.02 Å². The Kier molecular flexibility index (Phi) is 2.90. The number of hydrogen-bond donors (Lipinski definition) is 0. The third-order valence-electron chi connectivity index (χ3n) is 3.55. The average Bonchev–Trinajstić information content (AvgIpc) is 3.01. The van der Waals surface area contributed by atoms with Crippen molar-refractivity contribution in [1.29, 1.82) is 0 Å². The fourth-order valence-corrected chi connectivity index (χ4v) is 2.63. The lowest BCUT2D eigenvalue weighted by Gasteiger charge is -2.09. The first-order valence-corrected chi connectivity index (χ1v) is 7.03. The molecule has 0 N–H and O–H groups in total. The maximum absolute atomic E-state index is 12.6. The molecule has 3 aromatic heterocycles. The Labute approximate surface area is 129 Å². The van der Waals surface area contributed by atoms with Crippen molar-refractivity contribution in [2.24, 2.45) is 0 Å². The van der Waals surface area contributed by atoms with Crippen molar-refractivity contribution in [2.75, 3.05) is 0 Å². The van der Waals surface area contributed by atoms with E-state index in [-0.39, 0.29) is 5.56 Å². The van der Waals surface area contributed by atoms with Gasteiger partial charge in [-0.05, 0) is 17.7 Å². The van der Waals surface area contributed by atoms with Crippen LogP contribution in [0.3, 0.4) is 0 Å². The van der Waals surface area contributed by atoms with Gasteiger partial charge in [-0.15, -0.1) is 0 Å². The Morgan fingerprint density at radius 1 is 1.14 bits per heavy atom. The molecule has 0 fully saturated rings. The quantitative estimate of drug-likeness (QED) is 0.569. The van der Waals surface area contributed by atoms with Gasteiger partial charge in [0.2, 0.25) is 0 Å². The first-order valence-electron chi connectivity index (χ1n) is 6.65. The summed E-state index contributed by atoms with van der Waals surface area (Å²) in [7, 11) is 0. The van der Waals surface area contributed by atoms with Crippen molar-refractivity contribution >= 4 is 28.3 Å². The predicted octanol–water partition coefficient (Wildman–Crippen LogP) is 2.14. The highest BCUT2D eigenvalue weighted by Gasteiger charge is 2.09. The molecule has 0 aliphatic heterocycles. The van der Waals surface area contributed by atoms with Gasteiger partial charge in [-0.2, -0.15) is 14.6 Å². The largest absolute Gasteiger partial charge is 0.310 e. The van der Waals surface area contributed by atoms with Crippen LogP contribution in [0, 0.1) is 0 Å². The van der Waals surface area contributed by atoms with Crippen LogP contribution in [0.4, 0.5) is 0 Å². The van der Waals surface area contributed by atoms with E-state index in [1.807, 2.05) is 30.3 Å². The average molecular weight is 312 g/mol. The smallest absolute Gasteiger partial charge is 0.261 e. The molecule has 4 rings (SSSR count). The highest BCUT2D eigenvalue weighted by Crippen LogP contribution is 2.16. The third kappa shape index (κ3) is 1.96. The van der Waals surface area contributed by atoms with Gasteiger partial charge < -0.3 is 4.57 Å². The number of hydrogen-bond acceptors (Lipinski definition) is 4. The Balaban J connectivity index is 1.89. The molecule has 3 heterocycles. The van der Waals surface area contributed by atoms with Crippen molar-refractivity contribution in [3.8, 4) is 0 Å². The highest BCUT2D eigenvalue weighted by molar-refractivity contribution is 6.31. The summed E-state index contributed by atoms with van der Waals surface area (Å²) >= 11 is 6.16. The summed E-state index contributed by atoms with van der Waals surface area (Å²) in [5.74, 6) is 0.468. The molecule has 0 atom stereocenters. The first kappa shape index (κ1) is 13.0. The van der Waals surface area contributed by atoms with Crippen LogP contribution in [0.25, 0.3) is 16.7 Å². The monoisotopic (exact) mass is 311 g/mol. The number of fused-ring (bicyclic) bond motifs is 3. The Morgan fingerprint density at radius 2 is 2.00 bits per heavy atom. The van der Waals surface area contributed by atoms with Crippen molar-refractivity contribution in [3.63, 3.8) is 0 Å². The number of pyridine rings is 1. The van der Waals surface area contributed by atoms with Crippen LogP contribution in [-0.4, -0.2) is 24.1 Å². The molecule has 0 amide bonds. The zero-order valence-corrected chi connectivity index (χ0v) is 12.1. The molecular weight excluding hydrogens is 302 g/mol. The second-order valence-electron chi connectivity index (χ2n) is 4.87. The van der Waals surface area contributed by atoms with E-state index in [2.05, 4.69) is 15.1 Å². The van der Waals surface area contributed by atoms with E-state index < -0.39 is 0 Å². The molecule has 4 aromatic rings. The van der Waals surface area contributed by atoms with Crippen molar-refractivity contribution < 1.29 is 0 Å². The van der Waals surface area contributed by atoms with Crippen molar-refractivity contribution in [3.05, 3.63) is 70.0 Å². The van der Waals surface area contributed by atoms with Crippen LogP contribution in [0.1, 0.15) is 5.56 Å². The van der Waals surface area contributed by atoms with Gasteiger partial charge in [0.15, 0.2) is 0 Å². The standard InChI is InChI=1S/C15H10ClN5O/c16-12-4-2-1-3-10(12)8-20-6-5-13-11(14(20)22)7-17-15-18-9-19-21(13)15/h1-7,9H,8H2. The van der Waals surface area contributed by atoms with Gasteiger partial charge in [-0.3, -0.25) is 4.79 Å². The normalized spacial score (nSPS) is 11.3. The molecule has 0 radical (unpaired) electrons. The van der Waals surface area contributed by atoms with Gasteiger partial charge in [0.1, 0.15) is 6.33 Å². The molecule has 0 saturated heterocycles. The molecule has 6 nitrogen and oxygen atoms in total. The number of rotatable bonds is 2. The maximum Gasteiger partial charge on any atom is 0.261 e. The minimum Gasteiger partial charge on any atom is -0.310 e. The lowest BCUT2D eigenvalue weighted by Crippen LogP contribution is -2.21. The second-order valence-corrected chi connectivity index (χ2v) is 5.28. The zero-order valence-electron chi connectivity index (χ0n) is 11.3. The minimum absolute atomic E-state index is 0.137. The first-order chi connectivity index (χ1) is 10.7. The Hall–Kier alpha value is -2.73. The SMILES string of the molecule is O=c1c2cnc3ncnn3c2ccn1Cc1ccccc1Cl. The van der Waals surface area contributed by atoms with E-state index in [9.17, 15) is 4.79 Å². The molecule has 1 aromatic carbocycles. The zero-order chi connectivity index (χ0) is 15.1. The second kappa shape index (κ2) is 4.92. The van der Waals surface area contributed by atoms with E-state index in [1.54, 1.807) is 15.3 Å². The van der Waals surface area contributed by atoms with E-state index in [0.29, 0.717) is 28.2 Å². The van der Waals surface area contributed by atoms with Gasteiger partial charge in [0.05, 0.1) is 17.4 Å². The van der Waals surface area contributed by atoms with Gasteiger partial charge in [-0.1, -0.05) is 29.8 Å². The fourth-order valence-electron chi connectivity index (χ4n) is 2.44. The summed E-state index contributed by atoms with van der Waals surface area (Å²) in [4.78, 5) is 20.8. The highest BCUT2D eigenvalue weighted by atomic mass is 35.5. The lowest BCUT2D eigenvalue weighted by molar-refractivity contribution is 0.765. The molecule has 0 unspecified atom stereocenters. The van der Waals surface area contributed by atoms with E-state index in [0.717, 1.165) is 5.56 Å². The molecular formula is C15H10ClN5O. The summed E-state index contributed by atoms with van der Waals surface area (Å²) in [6.07, 6.45) is 4.68. The van der Waals surface area contributed by atoms with Crippen molar-refractivity contribution in [1.82, 2.24) is 24.1 Å². The van der Waals surface area contributed by atoms with Crippen LogP contribution in [0.15, 0.2) is 53.8 Å². The molecule has 108 valence electrons. The van der Waals surface area contributed by atoms with E-state index in [1.165, 1.54) is 12.5 Å². The maximum atomic E-state index is 12.6. The summed E-state index contributed by atoms with van der Waals surface area (Å²) in [5.41, 5.74) is 1.44. The summed E-state index contributed by atoms with van der Waals surface area (Å²) in [5, 5.41) is 5.22. The van der Waals surface area contributed by atoms with Gasteiger partial charge >= 0.3 is 0 Å². The molecule has 0 spiro atoms. The van der Waals surface area contributed by atoms with Crippen molar-refractivity contribution in [2.45, 2.75) is 6.54 Å². The Bertz CT molecular complexity index is 1050. The number of nitrogens with zero attached hydrogens (tertiary/aromatic N) is 5. The van der Waals surface area contributed by atoms with E-state index >= 15 is 0 Å². The summed E-state index contributed by atoms with van der Waals surface area (Å²) < 4.78 is 3.16. The molecule has 0 bridgehead atoms. The van der Waals surface area contributed by atoms with Gasteiger partial charge in [0.25, 0.3) is 11.3 Å². The molecule has 7 heteroatoms. The number of benzene rings is 1. The minimum atomic E-state index is -0.137. The van der Waals surface area contributed by atoms with Crippen LogP contribution >= 0.6 is 11.6 Å². The number of aromatic nitrogens is 5. The number of halogens is 1. The molecule has 0 saturated carbocycles. The molecule has 22 heavy (non-hydrogen) atoms.